The number of ketones is 1. The molecular weight excluding hydrogens is 452 g/mol. The second kappa shape index (κ2) is 12.2. The summed E-state index contributed by atoms with van der Waals surface area (Å²) in [6, 6.07) is -2.76. The fourth-order valence-corrected chi connectivity index (χ4v) is 4.76. The summed E-state index contributed by atoms with van der Waals surface area (Å²) in [5, 5.41) is 5.36. The van der Waals surface area contributed by atoms with Crippen LogP contribution in [0.5, 0.6) is 0 Å². The first kappa shape index (κ1) is 28.3. The average molecular weight is 493 g/mol. The van der Waals surface area contributed by atoms with Gasteiger partial charge < -0.3 is 26.0 Å². The molecule has 4 N–H and O–H groups in total. The van der Waals surface area contributed by atoms with Gasteiger partial charge in [-0.05, 0) is 65.7 Å². The van der Waals surface area contributed by atoms with E-state index in [9.17, 15) is 24.0 Å². The van der Waals surface area contributed by atoms with E-state index in [0.717, 1.165) is 32.1 Å². The third-order valence-electron chi connectivity index (χ3n) is 6.33. The lowest BCUT2D eigenvalue weighted by atomic mass is 9.83. The van der Waals surface area contributed by atoms with Gasteiger partial charge in [-0.3, -0.25) is 19.2 Å². The van der Waals surface area contributed by atoms with Crippen LogP contribution < -0.4 is 16.4 Å². The molecule has 0 spiro atoms. The van der Waals surface area contributed by atoms with Gasteiger partial charge in [-0.1, -0.05) is 24.8 Å². The monoisotopic (exact) mass is 492 g/mol. The molecule has 0 aromatic rings. The minimum absolute atomic E-state index is 0.0549. The van der Waals surface area contributed by atoms with E-state index < -0.39 is 47.4 Å². The van der Waals surface area contributed by atoms with E-state index >= 15 is 0 Å². The van der Waals surface area contributed by atoms with Crippen LogP contribution in [0, 0.1) is 5.92 Å². The molecule has 0 bridgehead atoms. The van der Waals surface area contributed by atoms with Crippen molar-refractivity contribution in [1.29, 1.82) is 0 Å². The molecule has 1 aliphatic heterocycles. The Labute approximate surface area is 207 Å². The first-order valence-electron chi connectivity index (χ1n) is 12.4. The van der Waals surface area contributed by atoms with E-state index in [1.165, 1.54) is 4.90 Å². The van der Waals surface area contributed by atoms with Gasteiger partial charge in [0.2, 0.25) is 17.6 Å². The van der Waals surface area contributed by atoms with Gasteiger partial charge in [-0.15, -0.1) is 6.58 Å². The Kier molecular flexibility index (Phi) is 9.85. The summed E-state index contributed by atoms with van der Waals surface area (Å²) in [5.74, 6) is -2.98. The molecule has 1 unspecified atom stereocenters. The molecule has 0 aromatic heterocycles. The molecule has 196 valence electrons. The standard InChI is InChI=1S/C25H40N4O6/c1-15(2)14-17(20(30)21(26)31)27-22(32)18-12-9-13-29(18)23(33)19(16-10-7-6-8-11-16)28-24(34)35-25(3,4)5/h16-19H,1,6-14H2,2-5H3,(H2,26,31)(H,27,32)(H,28,34)/t17?,18-,19-/m0/s1. The molecular formula is C25H40N4O6. The Morgan fingerprint density at radius 1 is 1.03 bits per heavy atom. The summed E-state index contributed by atoms with van der Waals surface area (Å²) >= 11 is 0. The Bertz CT molecular complexity index is 843. The number of carbonyl (C=O) groups is 5. The maximum Gasteiger partial charge on any atom is 0.408 e. The van der Waals surface area contributed by atoms with Crippen molar-refractivity contribution in [3.8, 4) is 0 Å². The van der Waals surface area contributed by atoms with Crippen LogP contribution in [0.2, 0.25) is 0 Å². The molecule has 0 radical (unpaired) electrons. The van der Waals surface area contributed by atoms with Crippen molar-refractivity contribution in [3.05, 3.63) is 12.2 Å². The maximum absolute atomic E-state index is 13.7. The lowest BCUT2D eigenvalue weighted by Crippen LogP contribution is -2.58. The average Bonchev–Trinajstić information content (AvgIpc) is 3.25. The number of likely N-dealkylation sites (tertiary alicyclic amines) is 1. The van der Waals surface area contributed by atoms with Crippen molar-refractivity contribution in [2.75, 3.05) is 6.54 Å². The second-order valence-corrected chi connectivity index (χ2v) is 10.7. The van der Waals surface area contributed by atoms with Crippen LogP contribution in [0.3, 0.4) is 0 Å². The van der Waals surface area contributed by atoms with Gasteiger partial charge in [0.25, 0.3) is 5.91 Å². The van der Waals surface area contributed by atoms with E-state index in [1.54, 1.807) is 27.7 Å². The second-order valence-electron chi connectivity index (χ2n) is 10.7. The number of carbonyl (C=O) groups excluding carboxylic acids is 5. The van der Waals surface area contributed by atoms with Gasteiger partial charge in [0.15, 0.2) is 0 Å². The molecule has 4 amide bonds. The molecule has 10 heteroatoms. The minimum Gasteiger partial charge on any atom is -0.444 e. The molecule has 0 aromatic carbocycles. The number of alkyl carbamates (subject to hydrolysis) is 1. The fourth-order valence-electron chi connectivity index (χ4n) is 4.76. The molecule has 1 saturated carbocycles. The van der Waals surface area contributed by atoms with Crippen LogP contribution in [-0.2, 0) is 23.9 Å². The quantitative estimate of drug-likeness (QED) is 0.331. The molecule has 1 aliphatic carbocycles. The van der Waals surface area contributed by atoms with Crippen molar-refractivity contribution < 1.29 is 28.7 Å². The van der Waals surface area contributed by atoms with Gasteiger partial charge in [0.1, 0.15) is 23.7 Å². The smallest absolute Gasteiger partial charge is 0.408 e. The van der Waals surface area contributed by atoms with Crippen LogP contribution >= 0.6 is 0 Å². The Hall–Kier alpha value is -2.91. The zero-order chi connectivity index (χ0) is 26.3. The molecule has 1 heterocycles. The van der Waals surface area contributed by atoms with Gasteiger partial charge in [0.05, 0.1) is 0 Å². The molecule has 3 atom stereocenters. The third-order valence-corrected chi connectivity index (χ3v) is 6.33. The Balaban J connectivity index is 2.20. The van der Waals surface area contributed by atoms with Gasteiger partial charge >= 0.3 is 6.09 Å². The third kappa shape index (κ3) is 8.36. The summed E-state index contributed by atoms with van der Waals surface area (Å²) < 4.78 is 5.39. The summed E-state index contributed by atoms with van der Waals surface area (Å²) in [7, 11) is 0. The number of ether oxygens (including phenoxy) is 1. The highest BCUT2D eigenvalue weighted by molar-refractivity contribution is 6.37. The first-order chi connectivity index (χ1) is 16.3. The molecule has 10 nitrogen and oxygen atoms in total. The number of nitrogens with zero attached hydrogens (tertiary/aromatic N) is 1. The Morgan fingerprint density at radius 2 is 1.66 bits per heavy atom. The summed E-state index contributed by atoms with van der Waals surface area (Å²) in [6.45, 7) is 11.0. The molecule has 2 rings (SSSR count). The van der Waals surface area contributed by atoms with Crippen LogP contribution in [0.1, 0.15) is 79.1 Å². The van der Waals surface area contributed by atoms with Gasteiger partial charge in [0, 0.05) is 6.54 Å². The number of Topliss-reactive ketones (excluding diaryl/α,β-unsaturated/α-hetero) is 1. The van der Waals surface area contributed by atoms with Gasteiger partial charge in [-0.25, -0.2) is 4.79 Å². The summed E-state index contributed by atoms with van der Waals surface area (Å²) in [5.41, 5.74) is 5.03. The molecule has 2 fully saturated rings. The number of amides is 4. The highest BCUT2D eigenvalue weighted by Gasteiger charge is 2.42. The van der Waals surface area contributed by atoms with Crippen molar-refractivity contribution in [2.45, 2.75) is 103 Å². The van der Waals surface area contributed by atoms with E-state index in [4.69, 9.17) is 10.5 Å². The van der Waals surface area contributed by atoms with Crippen LogP contribution in [0.25, 0.3) is 0 Å². The van der Waals surface area contributed by atoms with Crippen LogP contribution in [0.15, 0.2) is 12.2 Å². The largest absolute Gasteiger partial charge is 0.444 e. The normalized spacial score (nSPS) is 20.5. The number of hydrogen-bond acceptors (Lipinski definition) is 6. The predicted octanol–water partition coefficient (Wildman–Crippen LogP) is 1.96. The van der Waals surface area contributed by atoms with E-state index in [0.29, 0.717) is 25.0 Å². The lowest BCUT2D eigenvalue weighted by molar-refractivity contribution is -0.143. The number of nitrogens with two attached hydrogens (primary N) is 1. The lowest BCUT2D eigenvalue weighted by Gasteiger charge is -2.35. The highest BCUT2D eigenvalue weighted by Crippen LogP contribution is 2.29. The van der Waals surface area contributed by atoms with Crippen molar-refractivity contribution in [2.24, 2.45) is 11.7 Å². The summed E-state index contributed by atoms with van der Waals surface area (Å²) in [6.07, 6.45) is 5.01. The fraction of sp³-hybridized carbons (Fsp3) is 0.720. The predicted molar refractivity (Wildman–Crippen MR) is 130 cm³/mol. The van der Waals surface area contributed by atoms with Crippen molar-refractivity contribution in [1.82, 2.24) is 15.5 Å². The topological polar surface area (TPSA) is 148 Å². The molecule has 1 saturated heterocycles. The zero-order valence-electron chi connectivity index (χ0n) is 21.4. The maximum atomic E-state index is 13.7. The SMILES string of the molecule is C=C(C)CC(NC(=O)[C@@H]1CCCN1C(=O)[C@@H](NC(=O)OC(C)(C)C)C1CCCCC1)C(=O)C(N)=O. The van der Waals surface area contributed by atoms with Crippen molar-refractivity contribution in [3.63, 3.8) is 0 Å². The highest BCUT2D eigenvalue weighted by atomic mass is 16.6. The zero-order valence-corrected chi connectivity index (χ0v) is 21.4. The first-order valence-corrected chi connectivity index (χ1v) is 12.4. The van der Waals surface area contributed by atoms with E-state index in [1.807, 2.05) is 0 Å². The molecule has 35 heavy (non-hydrogen) atoms. The number of hydrogen-bond donors (Lipinski definition) is 3. The Morgan fingerprint density at radius 3 is 2.20 bits per heavy atom. The number of rotatable bonds is 9. The van der Waals surface area contributed by atoms with Crippen molar-refractivity contribution >= 4 is 29.6 Å². The van der Waals surface area contributed by atoms with Gasteiger partial charge in [-0.2, -0.15) is 0 Å². The van der Waals surface area contributed by atoms with E-state index in [2.05, 4.69) is 17.2 Å². The van der Waals surface area contributed by atoms with E-state index in [-0.39, 0.29) is 18.2 Å². The molecule has 2 aliphatic rings. The summed E-state index contributed by atoms with van der Waals surface area (Å²) in [4.78, 5) is 64.5. The number of primary amides is 1. The van der Waals surface area contributed by atoms with Crippen LogP contribution in [-0.4, -0.2) is 64.8 Å². The number of nitrogens with one attached hydrogen (secondary N) is 2. The van der Waals surface area contributed by atoms with Crippen LogP contribution in [0.4, 0.5) is 4.79 Å². The minimum atomic E-state index is -1.14.